The highest BCUT2D eigenvalue weighted by Gasteiger charge is 2.26. The van der Waals surface area contributed by atoms with Gasteiger partial charge in [-0.1, -0.05) is 13.8 Å². The van der Waals surface area contributed by atoms with Gasteiger partial charge in [-0.25, -0.2) is 0 Å². The zero-order valence-corrected chi connectivity index (χ0v) is 11.9. The molecule has 1 aromatic heterocycles. The lowest BCUT2D eigenvalue weighted by Gasteiger charge is -2.33. The number of halogens is 1. The molecular weight excluding hydrogens is 280 g/mol. The maximum absolute atomic E-state index is 12.0. The van der Waals surface area contributed by atoms with Gasteiger partial charge in [-0.15, -0.1) is 0 Å². The van der Waals surface area contributed by atoms with Crippen molar-refractivity contribution in [1.82, 2.24) is 10.3 Å². The molecule has 3 atom stereocenters. The molecule has 0 spiro atoms. The fourth-order valence-electron chi connectivity index (χ4n) is 2.62. The third-order valence-corrected chi connectivity index (χ3v) is 4.10. The predicted molar refractivity (Wildman–Crippen MR) is 71.9 cm³/mol. The molecular formula is C13H19BrN2O. The summed E-state index contributed by atoms with van der Waals surface area (Å²) in [4.78, 5) is 14.9. The number of amides is 1. The van der Waals surface area contributed by atoms with Crippen LogP contribution in [0.25, 0.3) is 0 Å². The highest BCUT2D eigenvalue weighted by Crippen LogP contribution is 2.28. The highest BCUT2D eigenvalue weighted by atomic mass is 79.9. The summed E-state index contributed by atoms with van der Waals surface area (Å²) in [6.07, 6.45) is 5.29. The van der Waals surface area contributed by atoms with Crippen LogP contribution in [0.15, 0.2) is 16.7 Å². The number of rotatable bonds is 2. The van der Waals surface area contributed by atoms with Crippen molar-refractivity contribution in [1.29, 1.82) is 0 Å². The van der Waals surface area contributed by atoms with Gasteiger partial charge in [-0.3, -0.25) is 4.79 Å². The Labute approximate surface area is 110 Å². The monoisotopic (exact) mass is 298 g/mol. The number of hydrogen-bond donors (Lipinski definition) is 2. The van der Waals surface area contributed by atoms with E-state index in [2.05, 4.69) is 40.1 Å². The van der Waals surface area contributed by atoms with E-state index in [-0.39, 0.29) is 5.91 Å². The van der Waals surface area contributed by atoms with Crippen LogP contribution in [-0.4, -0.2) is 16.9 Å². The van der Waals surface area contributed by atoms with Crippen molar-refractivity contribution in [3.05, 3.63) is 22.4 Å². The van der Waals surface area contributed by atoms with Crippen LogP contribution < -0.4 is 5.32 Å². The average Bonchev–Trinajstić information content (AvgIpc) is 2.69. The van der Waals surface area contributed by atoms with Crippen molar-refractivity contribution >= 4 is 21.8 Å². The SMILES string of the molecule is CC1CCC(NC(=O)c2cc(Br)c[nH]2)C(C)C1. The number of aromatic nitrogens is 1. The van der Waals surface area contributed by atoms with E-state index < -0.39 is 0 Å². The normalized spacial score (nSPS) is 29.0. The summed E-state index contributed by atoms with van der Waals surface area (Å²) in [5, 5.41) is 3.13. The summed E-state index contributed by atoms with van der Waals surface area (Å²) < 4.78 is 0.910. The third-order valence-electron chi connectivity index (χ3n) is 3.64. The molecule has 1 amide bonds. The molecule has 0 radical (unpaired) electrons. The first kappa shape index (κ1) is 12.7. The Hall–Kier alpha value is -0.770. The molecule has 1 aliphatic rings. The van der Waals surface area contributed by atoms with Gasteiger partial charge in [-0.2, -0.15) is 0 Å². The highest BCUT2D eigenvalue weighted by molar-refractivity contribution is 9.10. The van der Waals surface area contributed by atoms with E-state index in [4.69, 9.17) is 0 Å². The molecule has 0 aromatic carbocycles. The smallest absolute Gasteiger partial charge is 0.267 e. The predicted octanol–water partition coefficient (Wildman–Crippen LogP) is 3.33. The molecule has 1 aliphatic carbocycles. The Kier molecular flexibility index (Phi) is 3.92. The van der Waals surface area contributed by atoms with E-state index in [0.29, 0.717) is 17.7 Å². The molecule has 2 rings (SSSR count). The number of carbonyl (C=O) groups is 1. The molecule has 3 nitrogen and oxygen atoms in total. The van der Waals surface area contributed by atoms with E-state index in [1.165, 1.54) is 12.8 Å². The topological polar surface area (TPSA) is 44.9 Å². The second-order valence-corrected chi connectivity index (χ2v) is 6.12. The largest absolute Gasteiger partial charge is 0.356 e. The number of nitrogens with one attached hydrogen (secondary N) is 2. The summed E-state index contributed by atoms with van der Waals surface area (Å²) in [6.45, 7) is 4.52. The zero-order valence-electron chi connectivity index (χ0n) is 10.3. The molecule has 1 heterocycles. The molecule has 4 heteroatoms. The van der Waals surface area contributed by atoms with Crippen LogP contribution in [0, 0.1) is 11.8 Å². The van der Waals surface area contributed by atoms with Crippen molar-refractivity contribution in [2.75, 3.05) is 0 Å². The minimum absolute atomic E-state index is 0.00195. The Morgan fingerprint density at radius 1 is 1.47 bits per heavy atom. The Morgan fingerprint density at radius 2 is 2.24 bits per heavy atom. The summed E-state index contributed by atoms with van der Waals surface area (Å²) in [5.74, 6) is 1.36. The number of carbonyl (C=O) groups excluding carboxylic acids is 1. The lowest BCUT2D eigenvalue weighted by Crippen LogP contribution is -2.42. The molecule has 0 aliphatic heterocycles. The second kappa shape index (κ2) is 5.25. The molecule has 94 valence electrons. The quantitative estimate of drug-likeness (QED) is 0.864. The van der Waals surface area contributed by atoms with Gasteiger partial charge in [0.2, 0.25) is 0 Å². The van der Waals surface area contributed by atoms with Gasteiger partial charge in [0.15, 0.2) is 0 Å². The fraction of sp³-hybridized carbons (Fsp3) is 0.615. The summed E-state index contributed by atoms with van der Waals surface area (Å²) in [6, 6.07) is 2.13. The molecule has 17 heavy (non-hydrogen) atoms. The van der Waals surface area contributed by atoms with E-state index in [9.17, 15) is 4.79 Å². The molecule has 3 unspecified atom stereocenters. The van der Waals surface area contributed by atoms with Gasteiger partial charge < -0.3 is 10.3 Å². The second-order valence-electron chi connectivity index (χ2n) is 5.21. The standard InChI is InChI=1S/C13H19BrN2O/c1-8-3-4-11(9(2)5-8)16-13(17)12-6-10(14)7-15-12/h6-9,11,15H,3-5H2,1-2H3,(H,16,17). The minimum atomic E-state index is 0.00195. The number of aromatic amines is 1. The number of H-pyrrole nitrogens is 1. The van der Waals surface area contributed by atoms with Gasteiger partial charge in [0.1, 0.15) is 5.69 Å². The minimum Gasteiger partial charge on any atom is -0.356 e. The van der Waals surface area contributed by atoms with Gasteiger partial charge in [0.25, 0.3) is 5.91 Å². The van der Waals surface area contributed by atoms with Crippen LogP contribution in [0.4, 0.5) is 0 Å². The van der Waals surface area contributed by atoms with Crippen LogP contribution >= 0.6 is 15.9 Å². The van der Waals surface area contributed by atoms with Crippen LogP contribution in [0.5, 0.6) is 0 Å². The Bertz CT molecular complexity index is 402. The Balaban J connectivity index is 1.95. The maximum Gasteiger partial charge on any atom is 0.267 e. The average molecular weight is 299 g/mol. The molecule has 0 bridgehead atoms. The van der Waals surface area contributed by atoms with Crippen LogP contribution in [0.1, 0.15) is 43.6 Å². The van der Waals surface area contributed by atoms with Crippen molar-refractivity contribution < 1.29 is 4.79 Å². The molecule has 1 saturated carbocycles. The van der Waals surface area contributed by atoms with Gasteiger partial charge >= 0.3 is 0 Å². The van der Waals surface area contributed by atoms with Crippen LogP contribution in [0.2, 0.25) is 0 Å². The number of hydrogen-bond acceptors (Lipinski definition) is 1. The lowest BCUT2D eigenvalue weighted by atomic mass is 9.80. The van der Waals surface area contributed by atoms with Gasteiger partial charge in [-0.05, 0) is 53.1 Å². The third kappa shape index (κ3) is 3.12. The fourth-order valence-corrected chi connectivity index (χ4v) is 2.97. The first-order valence-corrected chi connectivity index (χ1v) is 7.00. The molecule has 1 fully saturated rings. The molecule has 0 saturated heterocycles. The van der Waals surface area contributed by atoms with Crippen molar-refractivity contribution in [2.24, 2.45) is 11.8 Å². The zero-order chi connectivity index (χ0) is 12.4. The summed E-state index contributed by atoms with van der Waals surface area (Å²) in [7, 11) is 0. The van der Waals surface area contributed by atoms with Crippen LogP contribution in [0.3, 0.4) is 0 Å². The molecule has 2 N–H and O–H groups in total. The van der Waals surface area contributed by atoms with Gasteiger partial charge in [0.05, 0.1) is 0 Å². The molecule has 1 aromatic rings. The van der Waals surface area contributed by atoms with Crippen molar-refractivity contribution in [3.63, 3.8) is 0 Å². The lowest BCUT2D eigenvalue weighted by molar-refractivity contribution is 0.0895. The van der Waals surface area contributed by atoms with Crippen molar-refractivity contribution in [3.8, 4) is 0 Å². The van der Waals surface area contributed by atoms with E-state index >= 15 is 0 Å². The maximum atomic E-state index is 12.0. The van der Waals surface area contributed by atoms with E-state index in [1.807, 2.05) is 6.07 Å². The van der Waals surface area contributed by atoms with Gasteiger partial charge in [0, 0.05) is 16.7 Å². The Morgan fingerprint density at radius 3 is 2.82 bits per heavy atom. The van der Waals surface area contributed by atoms with Crippen LogP contribution in [-0.2, 0) is 0 Å². The summed E-state index contributed by atoms with van der Waals surface area (Å²) in [5.41, 5.74) is 0.627. The van der Waals surface area contributed by atoms with E-state index in [0.717, 1.165) is 16.8 Å². The first-order chi connectivity index (χ1) is 8.06. The van der Waals surface area contributed by atoms with Crippen molar-refractivity contribution in [2.45, 2.75) is 39.2 Å². The van der Waals surface area contributed by atoms with E-state index in [1.54, 1.807) is 6.20 Å². The first-order valence-electron chi connectivity index (χ1n) is 6.21. The summed E-state index contributed by atoms with van der Waals surface area (Å²) >= 11 is 3.33.